The van der Waals surface area contributed by atoms with Crippen LogP contribution in [0, 0.1) is 5.92 Å². The van der Waals surface area contributed by atoms with Crippen molar-refractivity contribution in [2.24, 2.45) is 5.92 Å². The first kappa shape index (κ1) is 22.1. The third-order valence-corrected chi connectivity index (χ3v) is 6.16. The lowest BCUT2D eigenvalue weighted by molar-refractivity contribution is 0.0164. The van der Waals surface area contributed by atoms with E-state index in [4.69, 9.17) is 4.74 Å². The molecular formula is C25H31N3O4. The van der Waals surface area contributed by atoms with Crippen LogP contribution in [0.1, 0.15) is 54.3 Å². The molecule has 0 N–H and O–H groups in total. The molecule has 0 atom stereocenters. The second-order valence-corrected chi connectivity index (χ2v) is 9.89. The van der Waals surface area contributed by atoms with Crippen molar-refractivity contribution in [1.82, 2.24) is 9.80 Å². The molecule has 0 saturated carbocycles. The molecule has 3 amide bonds. The molecule has 2 aromatic carbocycles. The molecule has 2 heterocycles. The van der Waals surface area contributed by atoms with Gasteiger partial charge in [0.2, 0.25) is 0 Å². The van der Waals surface area contributed by atoms with E-state index in [0.717, 1.165) is 29.3 Å². The molecule has 2 aliphatic rings. The monoisotopic (exact) mass is 437 g/mol. The van der Waals surface area contributed by atoms with Gasteiger partial charge in [0.25, 0.3) is 11.8 Å². The number of carbonyl (C=O) groups is 3. The number of hydrogen-bond acceptors (Lipinski definition) is 5. The Bertz CT molecular complexity index is 1060. The van der Waals surface area contributed by atoms with Crippen LogP contribution >= 0.6 is 0 Å². The van der Waals surface area contributed by atoms with Crippen LogP contribution in [0.4, 0.5) is 10.5 Å². The Morgan fingerprint density at radius 3 is 2.25 bits per heavy atom. The lowest BCUT2D eigenvalue weighted by Gasteiger charge is -2.36. The summed E-state index contributed by atoms with van der Waals surface area (Å²) in [5.74, 6) is -0.319. The van der Waals surface area contributed by atoms with Gasteiger partial charge in [0.15, 0.2) is 0 Å². The van der Waals surface area contributed by atoms with Crippen LogP contribution in [0.25, 0.3) is 10.8 Å². The summed E-state index contributed by atoms with van der Waals surface area (Å²) >= 11 is 0. The van der Waals surface area contributed by atoms with Crippen molar-refractivity contribution >= 4 is 34.4 Å². The summed E-state index contributed by atoms with van der Waals surface area (Å²) in [6.07, 6.45) is 1.15. The molecule has 7 heteroatoms. The van der Waals surface area contributed by atoms with Crippen LogP contribution in [0.2, 0.25) is 0 Å². The number of ether oxygens (including phenoxy) is 1. The van der Waals surface area contributed by atoms with Crippen molar-refractivity contribution in [3.63, 3.8) is 0 Å². The van der Waals surface area contributed by atoms with Gasteiger partial charge >= 0.3 is 6.09 Å². The summed E-state index contributed by atoms with van der Waals surface area (Å²) in [4.78, 5) is 44.0. The molecule has 4 rings (SSSR count). The molecule has 1 saturated heterocycles. The molecule has 170 valence electrons. The van der Waals surface area contributed by atoms with E-state index in [9.17, 15) is 14.4 Å². The molecule has 7 nitrogen and oxygen atoms in total. The Morgan fingerprint density at radius 1 is 1.03 bits per heavy atom. The zero-order chi connectivity index (χ0) is 23.2. The molecule has 0 radical (unpaired) electrons. The Balaban J connectivity index is 1.51. The number of anilines is 1. The number of hydrogen-bond donors (Lipinski definition) is 0. The lowest BCUT2D eigenvalue weighted by Crippen LogP contribution is -2.47. The molecule has 0 bridgehead atoms. The second-order valence-electron chi connectivity index (χ2n) is 9.89. The highest BCUT2D eigenvalue weighted by Gasteiger charge is 2.36. The summed E-state index contributed by atoms with van der Waals surface area (Å²) in [5.41, 5.74) is 1.61. The topological polar surface area (TPSA) is 70.2 Å². The molecule has 2 aliphatic heterocycles. The number of benzene rings is 2. The fraction of sp³-hybridized carbons (Fsp3) is 0.480. The first-order valence-electron chi connectivity index (χ1n) is 11.1. The number of nitrogens with zero attached hydrogens (tertiary/aromatic N) is 3. The highest BCUT2D eigenvalue weighted by atomic mass is 16.6. The lowest BCUT2D eigenvalue weighted by atomic mass is 9.90. The third kappa shape index (κ3) is 4.04. The number of piperidine rings is 1. The van der Waals surface area contributed by atoms with Gasteiger partial charge < -0.3 is 14.5 Å². The maximum absolute atomic E-state index is 13.3. The number of carbonyl (C=O) groups excluding carboxylic acids is 3. The Labute approximate surface area is 188 Å². The van der Waals surface area contributed by atoms with Gasteiger partial charge in [-0.25, -0.2) is 4.79 Å². The van der Waals surface area contributed by atoms with E-state index in [1.165, 1.54) is 4.90 Å². The highest BCUT2D eigenvalue weighted by Crippen LogP contribution is 2.36. The van der Waals surface area contributed by atoms with Crippen molar-refractivity contribution < 1.29 is 19.1 Å². The fourth-order valence-corrected chi connectivity index (χ4v) is 4.57. The summed E-state index contributed by atoms with van der Waals surface area (Å²) < 4.78 is 5.46. The quantitative estimate of drug-likeness (QED) is 0.675. The molecule has 2 aromatic rings. The molecule has 1 fully saturated rings. The molecule has 32 heavy (non-hydrogen) atoms. The maximum atomic E-state index is 13.3. The van der Waals surface area contributed by atoms with Gasteiger partial charge in [-0.2, -0.15) is 0 Å². The predicted molar refractivity (Wildman–Crippen MR) is 124 cm³/mol. The van der Waals surface area contributed by atoms with E-state index in [-0.39, 0.29) is 23.8 Å². The van der Waals surface area contributed by atoms with E-state index in [2.05, 4.69) is 0 Å². The second kappa shape index (κ2) is 8.11. The van der Waals surface area contributed by atoms with E-state index in [1.807, 2.05) is 64.0 Å². The number of rotatable bonds is 3. The van der Waals surface area contributed by atoms with Crippen LogP contribution in [0.3, 0.4) is 0 Å². The molecular weight excluding hydrogens is 406 g/mol. The Kier molecular flexibility index (Phi) is 5.61. The van der Waals surface area contributed by atoms with Crippen LogP contribution in [-0.4, -0.2) is 67.0 Å². The maximum Gasteiger partial charge on any atom is 0.410 e. The van der Waals surface area contributed by atoms with Crippen molar-refractivity contribution in [3.8, 4) is 0 Å². The van der Waals surface area contributed by atoms with E-state index < -0.39 is 5.60 Å². The van der Waals surface area contributed by atoms with Gasteiger partial charge in [-0.05, 0) is 57.7 Å². The van der Waals surface area contributed by atoms with Crippen molar-refractivity contribution in [2.45, 2.75) is 39.2 Å². The largest absolute Gasteiger partial charge is 0.444 e. The van der Waals surface area contributed by atoms with Gasteiger partial charge in [-0.15, -0.1) is 0 Å². The molecule has 0 aromatic heterocycles. The minimum Gasteiger partial charge on any atom is -0.444 e. The first-order chi connectivity index (χ1) is 15.1. The summed E-state index contributed by atoms with van der Waals surface area (Å²) in [6.45, 7) is 7.05. The highest BCUT2D eigenvalue weighted by molar-refractivity contribution is 6.26. The van der Waals surface area contributed by atoms with Gasteiger partial charge in [0.1, 0.15) is 5.60 Å². The van der Waals surface area contributed by atoms with Gasteiger partial charge in [-0.3, -0.25) is 14.5 Å². The summed E-state index contributed by atoms with van der Waals surface area (Å²) in [7, 11) is 3.90. The van der Waals surface area contributed by atoms with E-state index in [0.29, 0.717) is 30.8 Å². The van der Waals surface area contributed by atoms with Crippen LogP contribution in [-0.2, 0) is 4.74 Å². The van der Waals surface area contributed by atoms with Crippen molar-refractivity contribution in [1.29, 1.82) is 0 Å². The van der Waals surface area contributed by atoms with Crippen molar-refractivity contribution in [2.75, 3.05) is 38.6 Å². The normalized spacial score (nSPS) is 17.2. The average molecular weight is 438 g/mol. The van der Waals surface area contributed by atoms with Crippen LogP contribution in [0.15, 0.2) is 30.3 Å². The number of amides is 3. The minimum atomic E-state index is -0.526. The Hall–Kier alpha value is -3.09. The predicted octanol–water partition coefficient (Wildman–Crippen LogP) is 4.15. The first-order valence-corrected chi connectivity index (χ1v) is 11.1. The van der Waals surface area contributed by atoms with Crippen LogP contribution in [0.5, 0.6) is 0 Å². The Morgan fingerprint density at radius 2 is 1.66 bits per heavy atom. The number of imide groups is 1. The molecule has 0 spiro atoms. The zero-order valence-electron chi connectivity index (χ0n) is 19.5. The molecule has 0 aliphatic carbocycles. The van der Waals surface area contributed by atoms with Gasteiger partial charge in [0, 0.05) is 61.3 Å². The summed E-state index contributed by atoms with van der Waals surface area (Å²) in [5, 5.41) is 1.65. The SMILES string of the molecule is CN(C)c1ccc2c3c(cccc13)C(=O)N(CC1CCN(C(=O)OC(C)(C)C)CC1)C2=O. The number of likely N-dealkylation sites (tertiary alicyclic amines) is 1. The minimum absolute atomic E-state index is 0.156. The van der Waals surface area contributed by atoms with Crippen molar-refractivity contribution in [3.05, 3.63) is 41.5 Å². The van der Waals surface area contributed by atoms with E-state index in [1.54, 1.807) is 11.0 Å². The van der Waals surface area contributed by atoms with E-state index >= 15 is 0 Å². The molecule has 0 unspecified atom stereocenters. The fourth-order valence-electron chi connectivity index (χ4n) is 4.57. The smallest absolute Gasteiger partial charge is 0.410 e. The van der Waals surface area contributed by atoms with Gasteiger partial charge in [0.05, 0.1) is 0 Å². The standard InChI is InChI=1S/C25H31N3O4/c1-25(2,3)32-24(31)27-13-11-16(12-14-27)15-28-22(29)18-8-6-7-17-20(26(4)5)10-9-19(21(17)18)23(28)30/h6-10,16H,11-15H2,1-5H3. The van der Waals surface area contributed by atoms with Gasteiger partial charge in [-0.1, -0.05) is 12.1 Å². The van der Waals surface area contributed by atoms with Crippen LogP contribution < -0.4 is 4.90 Å². The average Bonchev–Trinajstić information content (AvgIpc) is 2.73. The zero-order valence-corrected chi connectivity index (χ0v) is 19.5. The summed E-state index contributed by atoms with van der Waals surface area (Å²) in [6, 6.07) is 9.40. The third-order valence-electron chi connectivity index (χ3n) is 6.16.